The van der Waals surface area contributed by atoms with Crippen LogP contribution in [-0.2, 0) is 0 Å². The van der Waals surface area contributed by atoms with Crippen LogP contribution >= 0.6 is 0 Å². The lowest BCUT2D eigenvalue weighted by atomic mass is 10.1. The summed E-state index contributed by atoms with van der Waals surface area (Å²) in [5.74, 6) is 0.617. The Morgan fingerprint density at radius 3 is 2.60 bits per heavy atom. The van der Waals surface area contributed by atoms with Crippen LogP contribution in [-0.4, -0.2) is 20.5 Å². The lowest BCUT2D eigenvalue weighted by molar-refractivity contribution is 0.0737. The number of carbonyl (C=O) groups is 1. The van der Waals surface area contributed by atoms with Gasteiger partial charge < -0.3 is 4.74 Å². The number of benzene rings is 2. The first kappa shape index (κ1) is 15.1. The molecule has 0 saturated heterocycles. The summed E-state index contributed by atoms with van der Waals surface area (Å²) in [7, 11) is 0. The predicted octanol–water partition coefficient (Wildman–Crippen LogP) is 3.95. The first-order valence-corrected chi connectivity index (χ1v) is 7.89. The maximum atomic E-state index is 12.5. The Hall–Kier alpha value is -3.47. The largest absolute Gasteiger partial charge is 0.421 e. The monoisotopic (exact) mass is 329 g/mol. The molecule has 0 unspecified atom stereocenters. The molecule has 2 heterocycles. The van der Waals surface area contributed by atoms with E-state index in [1.54, 1.807) is 30.7 Å². The highest BCUT2D eigenvalue weighted by Crippen LogP contribution is 2.30. The lowest BCUT2D eigenvalue weighted by Gasteiger charge is -2.03. The molecular weight excluding hydrogens is 314 g/mol. The molecule has 4 rings (SSSR count). The predicted molar refractivity (Wildman–Crippen MR) is 95.0 cm³/mol. The first-order chi connectivity index (χ1) is 12.2. The van der Waals surface area contributed by atoms with Gasteiger partial charge in [-0.15, -0.1) is 0 Å². The molecule has 0 amide bonds. The van der Waals surface area contributed by atoms with Crippen molar-refractivity contribution >= 4 is 16.9 Å². The number of rotatable bonds is 3. The molecule has 0 aliphatic carbocycles. The van der Waals surface area contributed by atoms with Crippen molar-refractivity contribution in [1.29, 1.82) is 0 Å². The summed E-state index contributed by atoms with van der Waals surface area (Å²) in [6.45, 7) is 1.94. The van der Waals surface area contributed by atoms with Gasteiger partial charge in [0.1, 0.15) is 0 Å². The van der Waals surface area contributed by atoms with E-state index in [4.69, 9.17) is 4.74 Å². The SMILES string of the molecule is Cc1cccc(C(=O)Oc2cn(-c3ncccn3)c3ccccc23)c1. The van der Waals surface area contributed by atoms with Gasteiger partial charge in [-0.3, -0.25) is 4.57 Å². The Bertz CT molecular complexity index is 1050. The topological polar surface area (TPSA) is 57.0 Å². The minimum absolute atomic E-state index is 0.388. The molecule has 0 aliphatic heterocycles. The van der Waals surface area contributed by atoms with E-state index in [1.165, 1.54) is 0 Å². The average Bonchev–Trinajstić information content (AvgIpc) is 3.01. The Morgan fingerprint density at radius 2 is 1.80 bits per heavy atom. The number of hydrogen-bond acceptors (Lipinski definition) is 4. The highest BCUT2D eigenvalue weighted by molar-refractivity contribution is 5.95. The maximum absolute atomic E-state index is 12.5. The van der Waals surface area contributed by atoms with E-state index in [0.717, 1.165) is 16.5 Å². The van der Waals surface area contributed by atoms with Crippen molar-refractivity contribution in [2.24, 2.45) is 0 Å². The van der Waals surface area contributed by atoms with Crippen LogP contribution in [0.1, 0.15) is 15.9 Å². The van der Waals surface area contributed by atoms with Crippen molar-refractivity contribution in [2.75, 3.05) is 0 Å². The molecule has 122 valence electrons. The highest BCUT2D eigenvalue weighted by atomic mass is 16.5. The molecule has 2 aromatic heterocycles. The summed E-state index contributed by atoms with van der Waals surface area (Å²) >= 11 is 0. The quantitative estimate of drug-likeness (QED) is 0.534. The molecule has 5 heteroatoms. The molecular formula is C20H15N3O2. The minimum Gasteiger partial charge on any atom is -0.421 e. The third-order valence-electron chi connectivity index (χ3n) is 3.90. The summed E-state index contributed by atoms with van der Waals surface area (Å²) < 4.78 is 7.47. The fourth-order valence-electron chi connectivity index (χ4n) is 2.74. The third kappa shape index (κ3) is 2.87. The van der Waals surface area contributed by atoms with Crippen molar-refractivity contribution in [2.45, 2.75) is 6.92 Å². The smallest absolute Gasteiger partial charge is 0.343 e. The number of aromatic nitrogens is 3. The molecule has 4 aromatic rings. The van der Waals surface area contributed by atoms with Gasteiger partial charge in [0.15, 0.2) is 5.75 Å². The van der Waals surface area contributed by atoms with Crippen molar-refractivity contribution < 1.29 is 9.53 Å². The Balaban J connectivity index is 1.77. The lowest BCUT2D eigenvalue weighted by Crippen LogP contribution is -2.08. The summed E-state index contributed by atoms with van der Waals surface area (Å²) in [6.07, 6.45) is 5.10. The standard InChI is InChI=1S/C20H15N3O2/c1-14-6-4-7-15(12-14)19(24)25-18-13-23(20-21-10-5-11-22-20)17-9-3-2-8-16(17)18/h2-13H,1H3. The van der Waals surface area contributed by atoms with Gasteiger partial charge in [-0.1, -0.05) is 29.8 Å². The summed E-state index contributed by atoms with van der Waals surface area (Å²) in [5, 5.41) is 0.830. The molecule has 5 nitrogen and oxygen atoms in total. The van der Waals surface area contributed by atoms with Gasteiger partial charge in [0.2, 0.25) is 5.95 Å². The summed E-state index contributed by atoms with van der Waals surface area (Å²) in [5.41, 5.74) is 2.41. The molecule has 0 aliphatic rings. The fourth-order valence-corrected chi connectivity index (χ4v) is 2.74. The van der Waals surface area contributed by atoms with E-state index < -0.39 is 0 Å². The van der Waals surface area contributed by atoms with E-state index in [1.807, 2.05) is 54.0 Å². The highest BCUT2D eigenvalue weighted by Gasteiger charge is 2.16. The van der Waals surface area contributed by atoms with Crippen molar-refractivity contribution in [1.82, 2.24) is 14.5 Å². The Morgan fingerprint density at radius 1 is 1.00 bits per heavy atom. The van der Waals surface area contributed by atoms with E-state index in [2.05, 4.69) is 9.97 Å². The molecule has 0 radical (unpaired) electrons. The van der Waals surface area contributed by atoms with Crippen LogP contribution in [0.25, 0.3) is 16.9 Å². The molecule has 0 fully saturated rings. The minimum atomic E-state index is -0.388. The number of carbonyl (C=O) groups excluding carboxylic acids is 1. The molecule has 0 bridgehead atoms. The number of nitrogens with zero attached hydrogens (tertiary/aromatic N) is 3. The fraction of sp³-hybridized carbons (Fsp3) is 0.0500. The Kier molecular flexibility index (Phi) is 3.74. The van der Waals surface area contributed by atoms with Crippen LogP contribution < -0.4 is 4.74 Å². The second kappa shape index (κ2) is 6.20. The van der Waals surface area contributed by atoms with E-state index in [0.29, 0.717) is 17.3 Å². The molecule has 0 N–H and O–H groups in total. The number of esters is 1. The van der Waals surface area contributed by atoms with Gasteiger partial charge in [0.25, 0.3) is 0 Å². The van der Waals surface area contributed by atoms with Crippen molar-refractivity contribution in [3.8, 4) is 11.7 Å². The second-order valence-corrected chi connectivity index (χ2v) is 5.69. The van der Waals surface area contributed by atoms with Gasteiger partial charge in [-0.25, -0.2) is 14.8 Å². The first-order valence-electron chi connectivity index (χ1n) is 7.89. The normalized spacial score (nSPS) is 10.8. The zero-order chi connectivity index (χ0) is 17.2. The van der Waals surface area contributed by atoms with Crippen molar-refractivity contribution in [3.05, 3.63) is 84.3 Å². The summed E-state index contributed by atoms with van der Waals surface area (Å²) in [6, 6.07) is 16.8. The van der Waals surface area contributed by atoms with Crippen LogP contribution in [0.15, 0.2) is 73.2 Å². The molecule has 0 saturated carbocycles. The van der Waals surface area contributed by atoms with Gasteiger partial charge >= 0.3 is 5.97 Å². The van der Waals surface area contributed by atoms with E-state index >= 15 is 0 Å². The zero-order valence-electron chi connectivity index (χ0n) is 13.6. The van der Waals surface area contributed by atoms with Crippen molar-refractivity contribution in [3.63, 3.8) is 0 Å². The van der Waals surface area contributed by atoms with Crippen LogP contribution in [0.4, 0.5) is 0 Å². The second-order valence-electron chi connectivity index (χ2n) is 5.69. The van der Waals surface area contributed by atoms with E-state index in [9.17, 15) is 4.79 Å². The average molecular weight is 329 g/mol. The molecule has 0 atom stereocenters. The van der Waals surface area contributed by atoms with Gasteiger partial charge in [0, 0.05) is 17.8 Å². The summed E-state index contributed by atoms with van der Waals surface area (Å²) in [4.78, 5) is 21.0. The number of ether oxygens (including phenoxy) is 1. The van der Waals surface area contributed by atoms with Crippen LogP contribution in [0.3, 0.4) is 0 Å². The Labute approximate surface area is 144 Å². The number of fused-ring (bicyclic) bond motifs is 1. The molecule has 25 heavy (non-hydrogen) atoms. The third-order valence-corrected chi connectivity index (χ3v) is 3.90. The zero-order valence-corrected chi connectivity index (χ0v) is 13.6. The van der Waals surface area contributed by atoms with E-state index in [-0.39, 0.29) is 5.97 Å². The van der Waals surface area contributed by atoms with Gasteiger partial charge in [0.05, 0.1) is 17.3 Å². The number of hydrogen-bond donors (Lipinski definition) is 0. The van der Waals surface area contributed by atoms with Crippen LogP contribution in [0, 0.1) is 6.92 Å². The number of aryl methyl sites for hydroxylation is 1. The molecule has 0 spiro atoms. The molecule has 2 aromatic carbocycles. The van der Waals surface area contributed by atoms with Gasteiger partial charge in [-0.2, -0.15) is 0 Å². The van der Waals surface area contributed by atoms with Crippen LogP contribution in [0.5, 0.6) is 5.75 Å². The maximum Gasteiger partial charge on any atom is 0.343 e. The van der Waals surface area contributed by atoms with Gasteiger partial charge in [-0.05, 0) is 37.3 Å². The number of para-hydroxylation sites is 1. The van der Waals surface area contributed by atoms with Crippen LogP contribution in [0.2, 0.25) is 0 Å².